The molecular formula is C19H23BrN6O. The predicted molar refractivity (Wildman–Crippen MR) is 109 cm³/mol. The van der Waals surface area contributed by atoms with E-state index in [9.17, 15) is 0 Å². The second-order valence-corrected chi connectivity index (χ2v) is 6.97. The molecule has 0 aliphatic carbocycles. The normalized spacial score (nSPS) is 11.6. The summed E-state index contributed by atoms with van der Waals surface area (Å²) in [6, 6.07) is 12.0. The van der Waals surface area contributed by atoms with Gasteiger partial charge in [0.2, 0.25) is 5.82 Å². The van der Waals surface area contributed by atoms with E-state index < -0.39 is 0 Å². The summed E-state index contributed by atoms with van der Waals surface area (Å²) in [5.41, 5.74) is 1.23. The number of aromatic amines is 1. The van der Waals surface area contributed by atoms with E-state index >= 15 is 0 Å². The first-order chi connectivity index (χ1) is 13.2. The van der Waals surface area contributed by atoms with Crippen LogP contribution in [0.25, 0.3) is 11.6 Å². The smallest absolute Gasteiger partial charge is 0.216 e. The topological polar surface area (TPSA) is 82.3 Å². The summed E-state index contributed by atoms with van der Waals surface area (Å²) >= 11 is 3.47. The zero-order chi connectivity index (χ0) is 19.1. The molecule has 0 aliphatic heterocycles. The molecule has 2 aromatic heterocycles. The number of furan rings is 1. The van der Waals surface area contributed by atoms with Crippen LogP contribution in [0.1, 0.15) is 18.3 Å². The maximum Gasteiger partial charge on any atom is 0.216 e. The van der Waals surface area contributed by atoms with Crippen LogP contribution < -0.4 is 5.32 Å². The molecule has 1 aromatic carbocycles. The van der Waals surface area contributed by atoms with E-state index in [1.54, 1.807) is 6.26 Å². The molecule has 0 saturated carbocycles. The highest BCUT2D eigenvalue weighted by molar-refractivity contribution is 9.10. The van der Waals surface area contributed by atoms with Gasteiger partial charge in [0.15, 0.2) is 11.7 Å². The Morgan fingerprint density at radius 1 is 1.30 bits per heavy atom. The number of nitrogens with one attached hydrogen (secondary N) is 2. The summed E-state index contributed by atoms with van der Waals surface area (Å²) in [5, 5.41) is 10.5. The van der Waals surface area contributed by atoms with E-state index in [-0.39, 0.29) is 0 Å². The van der Waals surface area contributed by atoms with Crippen molar-refractivity contribution in [3.05, 3.63) is 58.5 Å². The molecule has 0 fully saturated rings. The van der Waals surface area contributed by atoms with Crippen LogP contribution in [0.5, 0.6) is 0 Å². The molecule has 0 bridgehead atoms. The molecule has 2 N–H and O–H groups in total. The van der Waals surface area contributed by atoms with Crippen molar-refractivity contribution in [2.45, 2.75) is 19.9 Å². The molecule has 0 aliphatic rings. The third-order valence-corrected chi connectivity index (χ3v) is 4.44. The van der Waals surface area contributed by atoms with Gasteiger partial charge in [0, 0.05) is 37.6 Å². The fourth-order valence-electron chi connectivity index (χ4n) is 2.60. The zero-order valence-electron chi connectivity index (χ0n) is 15.4. The lowest BCUT2D eigenvalue weighted by Crippen LogP contribution is -2.38. The van der Waals surface area contributed by atoms with Crippen LogP contribution in [0.15, 0.2) is 56.5 Å². The average Bonchev–Trinajstić information content (AvgIpc) is 3.34. The monoisotopic (exact) mass is 430 g/mol. The summed E-state index contributed by atoms with van der Waals surface area (Å²) in [4.78, 5) is 11.3. The summed E-state index contributed by atoms with van der Waals surface area (Å²) in [5.74, 6) is 2.88. The second kappa shape index (κ2) is 9.36. The van der Waals surface area contributed by atoms with Crippen LogP contribution >= 0.6 is 15.9 Å². The Labute approximate surface area is 167 Å². The molecule has 2 heterocycles. The van der Waals surface area contributed by atoms with Gasteiger partial charge in [0.05, 0.1) is 6.26 Å². The van der Waals surface area contributed by atoms with Gasteiger partial charge in [0.25, 0.3) is 0 Å². The van der Waals surface area contributed by atoms with Crippen molar-refractivity contribution in [1.82, 2.24) is 25.4 Å². The van der Waals surface area contributed by atoms with Crippen molar-refractivity contribution in [2.75, 3.05) is 20.1 Å². The number of halogens is 1. The molecule has 27 heavy (non-hydrogen) atoms. The quantitative estimate of drug-likeness (QED) is 0.442. The summed E-state index contributed by atoms with van der Waals surface area (Å²) < 4.78 is 6.39. The van der Waals surface area contributed by atoms with E-state index in [2.05, 4.69) is 60.4 Å². The lowest BCUT2D eigenvalue weighted by atomic mass is 10.2. The van der Waals surface area contributed by atoms with Gasteiger partial charge in [-0.1, -0.05) is 28.1 Å². The molecule has 0 unspecified atom stereocenters. The standard InChI is InChI=1S/C19H23BrN6O/c1-3-21-19(26(2)13-14-6-8-15(20)9-7-14)22-11-10-17-23-18(25-24-17)16-5-4-12-27-16/h4-9,12H,3,10-11,13H2,1-2H3,(H,21,22)(H,23,24,25). The third-order valence-electron chi connectivity index (χ3n) is 3.91. The Hall–Kier alpha value is -2.61. The van der Waals surface area contributed by atoms with E-state index in [1.807, 2.05) is 31.3 Å². The predicted octanol–water partition coefficient (Wildman–Crippen LogP) is 3.47. The Balaban J connectivity index is 1.59. The Bertz CT molecular complexity index is 857. The van der Waals surface area contributed by atoms with Crippen molar-refractivity contribution < 1.29 is 4.42 Å². The lowest BCUT2D eigenvalue weighted by Gasteiger charge is -2.22. The highest BCUT2D eigenvalue weighted by Crippen LogP contribution is 2.14. The fourth-order valence-corrected chi connectivity index (χ4v) is 2.86. The van der Waals surface area contributed by atoms with Crippen LogP contribution in [0, 0.1) is 0 Å². The van der Waals surface area contributed by atoms with Crippen LogP contribution in [0.3, 0.4) is 0 Å². The van der Waals surface area contributed by atoms with Crippen LogP contribution in [0.4, 0.5) is 0 Å². The van der Waals surface area contributed by atoms with Gasteiger partial charge < -0.3 is 14.6 Å². The van der Waals surface area contributed by atoms with Crippen molar-refractivity contribution in [2.24, 2.45) is 4.99 Å². The number of rotatable bonds is 7. The number of guanidine groups is 1. The summed E-state index contributed by atoms with van der Waals surface area (Å²) in [6.07, 6.45) is 2.29. The number of benzene rings is 1. The number of aromatic nitrogens is 3. The lowest BCUT2D eigenvalue weighted by molar-refractivity contribution is 0.477. The number of hydrogen-bond donors (Lipinski definition) is 2. The minimum absolute atomic E-state index is 0.568. The van der Waals surface area contributed by atoms with Gasteiger partial charge in [-0.15, -0.1) is 0 Å². The fraction of sp³-hybridized carbons (Fsp3) is 0.316. The number of nitrogens with zero attached hydrogens (tertiary/aromatic N) is 4. The molecule has 0 atom stereocenters. The van der Waals surface area contributed by atoms with E-state index in [4.69, 9.17) is 9.41 Å². The minimum Gasteiger partial charge on any atom is -0.461 e. The maximum atomic E-state index is 5.31. The Morgan fingerprint density at radius 2 is 2.11 bits per heavy atom. The molecular weight excluding hydrogens is 408 g/mol. The molecule has 3 aromatic rings. The van der Waals surface area contributed by atoms with Crippen molar-refractivity contribution in [3.63, 3.8) is 0 Å². The van der Waals surface area contributed by atoms with Gasteiger partial charge in [0.1, 0.15) is 5.82 Å². The molecule has 0 amide bonds. The van der Waals surface area contributed by atoms with E-state index in [0.29, 0.717) is 24.6 Å². The third kappa shape index (κ3) is 5.43. The van der Waals surface area contributed by atoms with Crippen molar-refractivity contribution in [1.29, 1.82) is 0 Å². The van der Waals surface area contributed by atoms with E-state index in [0.717, 1.165) is 29.3 Å². The molecule has 0 radical (unpaired) electrons. The Kier molecular flexibility index (Phi) is 6.64. The summed E-state index contributed by atoms with van der Waals surface area (Å²) in [7, 11) is 2.03. The summed E-state index contributed by atoms with van der Waals surface area (Å²) in [6.45, 7) is 4.27. The highest BCUT2D eigenvalue weighted by atomic mass is 79.9. The van der Waals surface area contributed by atoms with Gasteiger partial charge in [-0.25, -0.2) is 4.98 Å². The van der Waals surface area contributed by atoms with Crippen LogP contribution in [0.2, 0.25) is 0 Å². The number of hydrogen-bond acceptors (Lipinski definition) is 4. The van der Waals surface area contributed by atoms with Gasteiger partial charge in [-0.2, -0.15) is 5.10 Å². The zero-order valence-corrected chi connectivity index (χ0v) is 17.0. The molecule has 0 saturated heterocycles. The average molecular weight is 431 g/mol. The molecule has 142 valence electrons. The largest absolute Gasteiger partial charge is 0.461 e. The van der Waals surface area contributed by atoms with Crippen LogP contribution in [-0.2, 0) is 13.0 Å². The first-order valence-corrected chi connectivity index (χ1v) is 9.64. The second-order valence-electron chi connectivity index (χ2n) is 6.05. The minimum atomic E-state index is 0.568. The maximum absolute atomic E-state index is 5.31. The first kappa shape index (κ1) is 19.2. The molecule has 3 rings (SSSR count). The van der Waals surface area contributed by atoms with E-state index in [1.165, 1.54) is 5.56 Å². The molecule has 0 spiro atoms. The van der Waals surface area contributed by atoms with Gasteiger partial charge in [-0.3, -0.25) is 10.1 Å². The van der Waals surface area contributed by atoms with Gasteiger partial charge in [-0.05, 0) is 36.8 Å². The Morgan fingerprint density at radius 3 is 2.81 bits per heavy atom. The number of H-pyrrole nitrogens is 1. The highest BCUT2D eigenvalue weighted by Gasteiger charge is 2.09. The van der Waals surface area contributed by atoms with Crippen LogP contribution in [-0.4, -0.2) is 46.2 Å². The SMILES string of the molecule is CCNC(=NCCc1nc(-c2ccco2)n[nH]1)N(C)Cc1ccc(Br)cc1. The first-order valence-electron chi connectivity index (χ1n) is 8.84. The van der Waals surface area contributed by atoms with Crippen molar-refractivity contribution in [3.8, 4) is 11.6 Å². The van der Waals surface area contributed by atoms with Crippen molar-refractivity contribution >= 4 is 21.9 Å². The van der Waals surface area contributed by atoms with Gasteiger partial charge >= 0.3 is 0 Å². The molecule has 7 nitrogen and oxygen atoms in total. The number of aliphatic imine (C=N–C) groups is 1. The molecule has 8 heteroatoms.